The maximum atomic E-state index is 11.9. The van der Waals surface area contributed by atoms with E-state index in [1.165, 1.54) is 32.1 Å². The first-order valence-electron chi connectivity index (χ1n) is 6.74. The van der Waals surface area contributed by atoms with Gasteiger partial charge in [-0.1, -0.05) is 39.5 Å². The van der Waals surface area contributed by atoms with Crippen LogP contribution in [0.2, 0.25) is 0 Å². The van der Waals surface area contributed by atoms with Crippen LogP contribution in [0.25, 0.3) is 0 Å². The number of hydrogen-bond donors (Lipinski definition) is 1. The zero-order valence-electron chi connectivity index (χ0n) is 10.8. The molecule has 3 atom stereocenters. The molecular formula is C13H27NOS. The third-order valence-corrected chi connectivity index (χ3v) is 5.50. The lowest BCUT2D eigenvalue weighted by atomic mass is 9.85. The summed E-state index contributed by atoms with van der Waals surface area (Å²) in [7, 11) is -0.707. The Hall–Kier alpha value is 0.110. The fraction of sp³-hybridized carbons (Fsp3) is 1.00. The third kappa shape index (κ3) is 4.96. The van der Waals surface area contributed by atoms with E-state index in [4.69, 9.17) is 5.73 Å². The molecule has 1 saturated carbocycles. The Morgan fingerprint density at radius 1 is 1.25 bits per heavy atom. The molecule has 0 aliphatic heterocycles. The van der Waals surface area contributed by atoms with Gasteiger partial charge in [-0.3, -0.25) is 4.21 Å². The maximum Gasteiger partial charge on any atom is 0.0389 e. The quantitative estimate of drug-likeness (QED) is 0.782. The van der Waals surface area contributed by atoms with Gasteiger partial charge in [0, 0.05) is 28.3 Å². The van der Waals surface area contributed by atoms with Crippen LogP contribution in [-0.4, -0.2) is 21.8 Å². The molecule has 3 unspecified atom stereocenters. The van der Waals surface area contributed by atoms with Crippen LogP contribution in [0.15, 0.2) is 0 Å². The van der Waals surface area contributed by atoms with Crippen molar-refractivity contribution in [3.63, 3.8) is 0 Å². The van der Waals surface area contributed by atoms with Crippen molar-refractivity contribution in [1.29, 1.82) is 0 Å². The summed E-state index contributed by atoms with van der Waals surface area (Å²) in [6.07, 6.45) is 7.61. The van der Waals surface area contributed by atoms with E-state index in [0.29, 0.717) is 11.8 Å². The van der Waals surface area contributed by atoms with Crippen LogP contribution < -0.4 is 5.73 Å². The molecule has 1 fully saturated rings. The van der Waals surface area contributed by atoms with Gasteiger partial charge in [0.05, 0.1) is 0 Å². The molecule has 0 saturated heterocycles. The van der Waals surface area contributed by atoms with E-state index >= 15 is 0 Å². The molecule has 1 aliphatic carbocycles. The Balaban J connectivity index is 2.26. The summed E-state index contributed by atoms with van der Waals surface area (Å²) in [5, 5.41) is 0. The molecule has 16 heavy (non-hydrogen) atoms. The fourth-order valence-electron chi connectivity index (χ4n) is 2.42. The summed E-state index contributed by atoms with van der Waals surface area (Å²) in [5.74, 6) is 2.75. The largest absolute Gasteiger partial charge is 0.327 e. The highest BCUT2D eigenvalue weighted by atomic mass is 32.2. The molecule has 0 spiro atoms. The van der Waals surface area contributed by atoms with Crippen molar-refractivity contribution < 1.29 is 4.21 Å². The average molecular weight is 245 g/mol. The average Bonchev–Trinajstić information content (AvgIpc) is 2.29. The molecule has 0 amide bonds. The summed E-state index contributed by atoms with van der Waals surface area (Å²) in [6.45, 7) is 4.33. The highest BCUT2D eigenvalue weighted by Crippen LogP contribution is 2.26. The van der Waals surface area contributed by atoms with Gasteiger partial charge in [0.1, 0.15) is 0 Å². The maximum absolute atomic E-state index is 11.9. The second-order valence-corrected chi connectivity index (χ2v) is 6.89. The lowest BCUT2D eigenvalue weighted by Gasteiger charge is -2.27. The van der Waals surface area contributed by atoms with Crippen molar-refractivity contribution in [3.05, 3.63) is 0 Å². The summed E-state index contributed by atoms with van der Waals surface area (Å²) >= 11 is 0. The van der Waals surface area contributed by atoms with Gasteiger partial charge >= 0.3 is 0 Å². The Labute approximate surface area is 103 Å². The van der Waals surface area contributed by atoms with Crippen molar-refractivity contribution in [3.8, 4) is 0 Å². The minimum Gasteiger partial charge on any atom is -0.327 e. The third-order valence-electron chi connectivity index (χ3n) is 3.80. The normalized spacial score (nSPS) is 23.9. The summed E-state index contributed by atoms with van der Waals surface area (Å²) in [4.78, 5) is 0. The van der Waals surface area contributed by atoms with Crippen molar-refractivity contribution >= 4 is 10.8 Å². The molecule has 96 valence electrons. The first-order chi connectivity index (χ1) is 7.63. The highest BCUT2D eigenvalue weighted by Gasteiger charge is 2.22. The number of nitrogens with two attached hydrogens (primary N) is 1. The summed E-state index contributed by atoms with van der Waals surface area (Å²) < 4.78 is 11.9. The van der Waals surface area contributed by atoms with Crippen molar-refractivity contribution in [1.82, 2.24) is 0 Å². The molecule has 0 bridgehead atoms. The lowest BCUT2D eigenvalue weighted by Crippen LogP contribution is -2.37. The van der Waals surface area contributed by atoms with E-state index in [2.05, 4.69) is 13.8 Å². The number of hydrogen-bond acceptors (Lipinski definition) is 2. The molecule has 0 aromatic heterocycles. The van der Waals surface area contributed by atoms with Gasteiger partial charge < -0.3 is 5.73 Å². The van der Waals surface area contributed by atoms with E-state index in [-0.39, 0.29) is 6.04 Å². The monoisotopic (exact) mass is 245 g/mol. The van der Waals surface area contributed by atoms with Crippen molar-refractivity contribution in [2.45, 2.75) is 58.4 Å². The molecule has 3 heteroatoms. The Bertz CT molecular complexity index is 214. The molecule has 2 nitrogen and oxygen atoms in total. The van der Waals surface area contributed by atoms with E-state index in [1.54, 1.807) is 0 Å². The van der Waals surface area contributed by atoms with Gasteiger partial charge in [0.25, 0.3) is 0 Å². The molecule has 0 radical (unpaired) electrons. The van der Waals surface area contributed by atoms with Crippen molar-refractivity contribution in [2.75, 3.05) is 11.5 Å². The predicted octanol–water partition coefficient (Wildman–Crippen LogP) is 2.69. The highest BCUT2D eigenvalue weighted by molar-refractivity contribution is 7.85. The standard InChI is InChI=1S/C13H27NOS/c1-3-11(2)9-16(15)10-13(14)12-7-5-4-6-8-12/h11-13H,3-10,14H2,1-2H3. The van der Waals surface area contributed by atoms with Gasteiger partial charge in [-0.25, -0.2) is 0 Å². The van der Waals surface area contributed by atoms with Crippen LogP contribution in [0.5, 0.6) is 0 Å². The van der Waals surface area contributed by atoms with Crippen LogP contribution >= 0.6 is 0 Å². The van der Waals surface area contributed by atoms with Crippen LogP contribution in [0.4, 0.5) is 0 Å². The summed E-state index contributed by atoms with van der Waals surface area (Å²) in [5.41, 5.74) is 6.17. The lowest BCUT2D eigenvalue weighted by molar-refractivity contribution is 0.318. The van der Waals surface area contributed by atoms with Gasteiger partial charge in [-0.05, 0) is 24.7 Å². The van der Waals surface area contributed by atoms with Crippen LogP contribution in [0.1, 0.15) is 52.4 Å². The van der Waals surface area contributed by atoms with Crippen LogP contribution in [0, 0.1) is 11.8 Å². The first kappa shape index (κ1) is 14.2. The van der Waals surface area contributed by atoms with Gasteiger partial charge in [0.15, 0.2) is 0 Å². The zero-order valence-corrected chi connectivity index (χ0v) is 11.6. The molecule has 0 aromatic rings. The Kier molecular flexibility index (Phi) is 6.59. The summed E-state index contributed by atoms with van der Waals surface area (Å²) in [6, 6.07) is 0.171. The SMILES string of the molecule is CCC(C)CS(=O)CC(N)C1CCCCC1. The van der Waals surface area contributed by atoms with Crippen LogP contribution in [-0.2, 0) is 10.8 Å². The molecule has 0 aromatic carbocycles. The second kappa shape index (κ2) is 7.44. The van der Waals surface area contributed by atoms with Crippen LogP contribution in [0.3, 0.4) is 0 Å². The molecule has 0 heterocycles. The first-order valence-corrected chi connectivity index (χ1v) is 8.22. The van der Waals surface area contributed by atoms with E-state index in [1.807, 2.05) is 0 Å². The second-order valence-electron chi connectivity index (χ2n) is 5.35. The smallest absolute Gasteiger partial charge is 0.0389 e. The fourth-order valence-corrected chi connectivity index (χ4v) is 4.12. The molecular weight excluding hydrogens is 218 g/mol. The van der Waals surface area contributed by atoms with Crippen molar-refractivity contribution in [2.24, 2.45) is 17.6 Å². The van der Waals surface area contributed by atoms with E-state index in [0.717, 1.165) is 17.9 Å². The van der Waals surface area contributed by atoms with Gasteiger partial charge in [-0.2, -0.15) is 0 Å². The van der Waals surface area contributed by atoms with Gasteiger partial charge in [-0.15, -0.1) is 0 Å². The number of rotatable bonds is 6. The van der Waals surface area contributed by atoms with Gasteiger partial charge in [0.2, 0.25) is 0 Å². The molecule has 1 aliphatic rings. The van der Waals surface area contributed by atoms with E-state index in [9.17, 15) is 4.21 Å². The minimum atomic E-state index is -0.707. The topological polar surface area (TPSA) is 43.1 Å². The Morgan fingerprint density at radius 3 is 2.44 bits per heavy atom. The molecule has 1 rings (SSSR count). The Morgan fingerprint density at radius 2 is 1.88 bits per heavy atom. The zero-order chi connectivity index (χ0) is 12.0. The minimum absolute atomic E-state index is 0.171. The predicted molar refractivity (Wildman–Crippen MR) is 71.9 cm³/mol. The molecule has 2 N–H and O–H groups in total. The van der Waals surface area contributed by atoms with E-state index < -0.39 is 10.8 Å².